The first kappa shape index (κ1) is 19.4. The van der Waals surface area contributed by atoms with Crippen LogP contribution in [0.2, 0.25) is 0 Å². The number of nitrogens with zero attached hydrogens (tertiary/aromatic N) is 4. The second kappa shape index (κ2) is 7.92. The van der Waals surface area contributed by atoms with E-state index in [1.54, 1.807) is 36.0 Å². The second-order valence-corrected chi connectivity index (χ2v) is 8.30. The number of hydrogen-bond donors (Lipinski definition) is 1. The van der Waals surface area contributed by atoms with Crippen LogP contribution < -0.4 is 5.32 Å². The van der Waals surface area contributed by atoms with Gasteiger partial charge in [0.1, 0.15) is 34.7 Å². The summed E-state index contributed by atoms with van der Waals surface area (Å²) in [5.74, 6) is 1.26. The van der Waals surface area contributed by atoms with Gasteiger partial charge in [-0.15, -0.1) is 11.3 Å². The molecule has 3 aromatic heterocycles. The quantitative estimate of drug-likeness (QED) is 0.387. The summed E-state index contributed by atoms with van der Waals surface area (Å²) >= 11 is 1.59. The Labute approximate surface area is 183 Å². The highest BCUT2D eigenvalue weighted by molar-refractivity contribution is 7.17. The van der Waals surface area contributed by atoms with Crippen molar-refractivity contribution >= 4 is 27.4 Å². The van der Waals surface area contributed by atoms with E-state index in [1.165, 1.54) is 17.7 Å². The molecule has 0 saturated heterocycles. The van der Waals surface area contributed by atoms with Crippen molar-refractivity contribution in [3.8, 4) is 11.1 Å². The van der Waals surface area contributed by atoms with Crippen LogP contribution in [0.4, 0.5) is 10.2 Å². The van der Waals surface area contributed by atoms with E-state index in [0.717, 1.165) is 38.5 Å². The van der Waals surface area contributed by atoms with Crippen LogP contribution in [-0.4, -0.2) is 19.5 Å². The molecule has 3 heterocycles. The molecule has 0 fully saturated rings. The van der Waals surface area contributed by atoms with Gasteiger partial charge in [0.25, 0.3) is 0 Å². The van der Waals surface area contributed by atoms with Crippen LogP contribution >= 0.6 is 11.3 Å². The molecule has 1 N–H and O–H groups in total. The Bertz CT molecular complexity index is 1340. The molecule has 5 rings (SSSR count). The van der Waals surface area contributed by atoms with E-state index in [0.29, 0.717) is 0 Å². The maximum absolute atomic E-state index is 13.6. The van der Waals surface area contributed by atoms with Gasteiger partial charge in [0, 0.05) is 30.4 Å². The minimum Gasteiger partial charge on any atom is -0.356 e. The van der Waals surface area contributed by atoms with Crippen LogP contribution in [0.15, 0.2) is 72.6 Å². The summed E-state index contributed by atoms with van der Waals surface area (Å²) < 4.78 is 15.5. The molecule has 5 nitrogen and oxygen atoms in total. The highest BCUT2D eigenvalue weighted by Crippen LogP contribution is 2.38. The zero-order chi connectivity index (χ0) is 21.4. The highest BCUT2D eigenvalue weighted by Gasteiger charge is 2.22. The monoisotopic (exact) mass is 429 g/mol. The van der Waals surface area contributed by atoms with Crippen molar-refractivity contribution < 1.29 is 4.39 Å². The van der Waals surface area contributed by atoms with E-state index in [4.69, 9.17) is 0 Å². The molecule has 0 saturated carbocycles. The Kier molecular flexibility index (Phi) is 4.95. The molecule has 0 amide bonds. The third-order valence-corrected chi connectivity index (χ3v) is 6.22. The molecule has 0 aliphatic rings. The van der Waals surface area contributed by atoms with Gasteiger partial charge in [-0.2, -0.15) is 0 Å². The number of hydrogen-bond acceptors (Lipinski definition) is 5. The molecule has 5 aromatic rings. The van der Waals surface area contributed by atoms with E-state index in [-0.39, 0.29) is 11.9 Å². The third-order valence-electron chi connectivity index (χ3n) is 5.33. The minimum atomic E-state index is -0.301. The number of nitrogens with one attached hydrogen (secondary N) is 1. The highest BCUT2D eigenvalue weighted by atomic mass is 32.1. The summed E-state index contributed by atoms with van der Waals surface area (Å²) in [7, 11) is 1.94. The van der Waals surface area contributed by atoms with Crippen molar-refractivity contribution in [2.24, 2.45) is 7.05 Å². The minimum absolute atomic E-state index is 0.272. The van der Waals surface area contributed by atoms with Crippen LogP contribution in [-0.2, 0) is 7.05 Å². The van der Waals surface area contributed by atoms with Crippen LogP contribution in [0.1, 0.15) is 23.0 Å². The van der Waals surface area contributed by atoms with Gasteiger partial charge in [0.05, 0.1) is 5.39 Å². The average molecular weight is 430 g/mol. The van der Waals surface area contributed by atoms with E-state index >= 15 is 0 Å². The fourth-order valence-electron chi connectivity index (χ4n) is 3.67. The van der Waals surface area contributed by atoms with Gasteiger partial charge in [-0.25, -0.2) is 19.3 Å². The Balaban J connectivity index is 1.63. The molecule has 7 heteroatoms. The van der Waals surface area contributed by atoms with E-state index in [9.17, 15) is 4.39 Å². The Morgan fingerprint density at radius 2 is 1.77 bits per heavy atom. The van der Waals surface area contributed by atoms with Crippen molar-refractivity contribution in [3.63, 3.8) is 0 Å². The van der Waals surface area contributed by atoms with E-state index < -0.39 is 0 Å². The lowest BCUT2D eigenvalue weighted by molar-refractivity contribution is 0.626. The van der Waals surface area contributed by atoms with Crippen LogP contribution in [0.3, 0.4) is 0 Å². The largest absolute Gasteiger partial charge is 0.356 e. The molecular weight excluding hydrogens is 409 g/mol. The predicted octanol–water partition coefficient (Wildman–Crippen LogP) is 5.74. The topological polar surface area (TPSA) is 55.6 Å². The first-order valence-corrected chi connectivity index (χ1v) is 10.8. The summed E-state index contributed by atoms with van der Waals surface area (Å²) in [4.78, 5) is 14.5. The molecule has 0 aliphatic heterocycles. The van der Waals surface area contributed by atoms with Crippen molar-refractivity contribution in [1.29, 1.82) is 0 Å². The maximum Gasteiger partial charge on any atom is 0.139 e. The number of fused-ring (bicyclic) bond motifs is 1. The first-order valence-electron chi connectivity index (χ1n) is 9.88. The van der Waals surface area contributed by atoms with Gasteiger partial charge in [0.2, 0.25) is 0 Å². The molecule has 0 bridgehead atoms. The van der Waals surface area contributed by atoms with E-state index in [2.05, 4.69) is 56.8 Å². The SMILES string of the molecule is Cc1ccc(-c2csc3ncnc(N[C@H](c4ccc(F)cc4)c4nccn4C)c23)cc1. The lowest BCUT2D eigenvalue weighted by Crippen LogP contribution is -2.17. The molecule has 154 valence electrons. The van der Waals surface area contributed by atoms with Gasteiger partial charge in [0.15, 0.2) is 0 Å². The molecule has 31 heavy (non-hydrogen) atoms. The van der Waals surface area contributed by atoms with Gasteiger partial charge >= 0.3 is 0 Å². The number of imidazole rings is 1. The Morgan fingerprint density at radius 1 is 1.00 bits per heavy atom. The number of aryl methyl sites for hydroxylation is 2. The van der Waals surface area contributed by atoms with Crippen LogP contribution in [0, 0.1) is 12.7 Å². The number of benzene rings is 2. The third kappa shape index (κ3) is 3.68. The van der Waals surface area contributed by atoms with Gasteiger partial charge in [-0.05, 0) is 30.2 Å². The molecule has 0 unspecified atom stereocenters. The summed E-state index contributed by atoms with van der Waals surface area (Å²) in [6.07, 6.45) is 5.22. The van der Waals surface area contributed by atoms with Crippen molar-refractivity contribution in [3.05, 3.63) is 95.4 Å². The normalized spacial score (nSPS) is 12.2. The van der Waals surface area contributed by atoms with Crippen molar-refractivity contribution in [2.75, 3.05) is 5.32 Å². The average Bonchev–Trinajstić information content (AvgIpc) is 3.40. The van der Waals surface area contributed by atoms with Gasteiger partial charge in [-0.3, -0.25) is 0 Å². The van der Waals surface area contributed by atoms with Crippen LogP contribution in [0.5, 0.6) is 0 Å². The van der Waals surface area contributed by atoms with Crippen molar-refractivity contribution in [2.45, 2.75) is 13.0 Å². The van der Waals surface area contributed by atoms with E-state index in [1.807, 2.05) is 17.8 Å². The summed E-state index contributed by atoms with van der Waals surface area (Å²) in [6, 6.07) is 14.6. The lowest BCUT2D eigenvalue weighted by Gasteiger charge is -2.20. The number of rotatable bonds is 5. The lowest BCUT2D eigenvalue weighted by atomic mass is 10.0. The molecule has 0 radical (unpaired) electrons. The number of halogens is 1. The molecule has 0 spiro atoms. The Hall–Kier alpha value is -3.58. The number of aromatic nitrogens is 4. The zero-order valence-corrected chi connectivity index (χ0v) is 17.9. The molecular formula is C24H20FN5S. The fourth-order valence-corrected chi connectivity index (χ4v) is 4.59. The Morgan fingerprint density at radius 3 is 2.48 bits per heavy atom. The first-order chi connectivity index (χ1) is 15.1. The predicted molar refractivity (Wildman–Crippen MR) is 123 cm³/mol. The number of thiophene rings is 1. The smallest absolute Gasteiger partial charge is 0.139 e. The summed E-state index contributed by atoms with van der Waals surface area (Å²) in [6.45, 7) is 2.08. The molecule has 2 aromatic carbocycles. The summed E-state index contributed by atoms with van der Waals surface area (Å²) in [5.41, 5.74) is 4.31. The maximum atomic E-state index is 13.6. The molecule has 0 aliphatic carbocycles. The standard InChI is InChI=1S/C24H20FN5S/c1-15-3-5-16(6-4-15)19-13-31-24-20(19)22(27-14-28-24)29-21(23-26-11-12-30(23)2)17-7-9-18(25)10-8-17/h3-14,21H,1-2H3,(H,27,28,29)/t21-/m1/s1. The second-order valence-electron chi connectivity index (χ2n) is 7.44. The number of anilines is 1. The summed E-state index contributed by atoms with van der Waals surface area (Å²) in [5, 5.41) is 6.64. The zero-order valence-electron chi connectivity index (χ0n) is 17.1. The fraction of sp³-hybridized carbons (Fsp3) is 0.125. The molecule has 1 atom stereocenters. The van der Waals surface area contributed by atoms with Gasteiger partial charge < -0.3 is 9.88 Å². The van der Waals surface area contributed by atoms with Crippen LogP contribution in [0.25, 0.3) is 21.3 Å². The van der Waals surface area contributed by atoms with Gasteiger partial charge in [-0.1, -0.05) is 42.0 Å². The van der Waals surface area contributed by atoms with Crippen molar-refractivity contribution in [1.82, 2.24) is 19.5 Å².